The highest BCUT2D eigenvalue weighted by Gasteiger charge is 2.24. The Bertz CT molecular complexity index is 907. The van der Waals surface area contributed by atoms with Gasteiger partial charge in [-0.05, 0) is 41.8 Å². The first-order chi connectivity index (χ1) is 14.9. The van der Waals surface area contributed by atoms with E-state index in [0.717, 1.165) is 5.69 Å². The molecule has 1 aliphatic rings. The zero-order valence-electron chi connectivity index (χ0n) is 18.4. The van der Waals surface area contributed by atoms with Crippen molar-refractivity contribution in [1.82, 2.24) is 9.80 Å². The van der Waals surface area contributed by atoms with Gasteiger partial charge < -0.3 is 19.9 Å². The molecule has 1 N–H and O–H groups in total. The van der Waals surface area contributed by atoms with E-state index in [1.54, 1.807) is 25.3 Å². The Morgan fingerprint density at radius 1 is 1.03 bits per heavy atom. The number of rotatable bonds is 7. The first-order valence-corrected chi connectivity index (χ1v) is 11.0. The van der Waals surface area contributed by atoms with Crippen molar-refractivity contribution in [1.29, 1.82) is 0 Å². The Hall–Kier alpha value is -2.73. The predicted octanol–water partition coefficient (Wildman–Crippen LogP) is 4.26. The van der Waals surface area contributed by atoms with Gasteiger partial charge in [-0.2, -0.15) is 0 Å². The van der Waals surface area contributed by atoms with Crippen LogP contribution in [0, 0.1) is 0 Å². The third kappa shape index (κ3) is 5.91. The van der Waals surface area contributed by atoms with Gasteiger partial charge in [-0.25, -0.2) is 0 Å². The van der Waals surface area contributed by atoms with Gasteiger partial charge in [0, 0.05) is 49.7 Å². The van der Waals surface area contributed by atoms with Crippen LogP contribution in [0.15, 0.2) is 42.5 Å². The van der Waals surface area contributed by atoms with Crippen LogP contribution in [-0.4, -0.2) is 61.4 Å². The monoisotopic (exact) mass is 443 g/mol. The number of nitrogens with one attached hydrogen (secondary N) is 1. The Labute approximate surface area is 189 Å². The summed E-state index contributed by atoms with van der Waals surface area (Å²) in [6.45, 7) is 6.95. The van der Waals surface area contributed by atoms with Gasteiger partial charge in [0.2, 0.25) is 5.91 Å². The van der Waals surface area contributed by atoms with E-state index in [1.807, 2.05) is 34.1 Å². The van der Waals surface area contributed by atoms with E-state index < -0.39 is 0 Å². The SMILES string of the molecule is COc1ccc(Cl)cc1NCCC(=O)N1CCN(C(=O)c2ccc(C(C)C)cc2)CC1. The van der Waals surface area contributed by atoms with Crippen LogP contribution in [0.25, 0.3) is 0 Å². The van der Waals surface area contributed by atoms with Gasteiger partial charge in [0.15, 0.2) is 0 Å². The maximum atomic E-state index is 12.8. The first-order valence-electron chi connectivity index (χ1n) is 10.6. The van der Waals surface area contributed by atoms with Crippen LogP contribution in [-0.2, 0) is 4.79 Å². The van der Waals surface area contributed by atoms with Crippen molar-refractivity contribution in [2.45, 2.75) is 26.2 Å². The number of halogens is 1. The number of anilines is 1. The molecule has 1 fully saturated rings. The maximum Gasteiger partial charge on any atom is 0.253 e. The number of methoxy groups -OCH3 is 1. The molecule has 2 amide bonds. The van der Waals surface area contributed by atoms with Crippen molar-refractivity contribution in [3.8, 4) is 5.75 Å². The molecule has 0 unspecified atom stereocenters. The van der Waals surface area contributed by atoms with Crippen molar-refractivity contribution in [2.24, 2.45) is 0 Å². The van der Waals surface area contributed by atoms with Crippen LogP contribution in [0.5, 0.6) is 5.75 Å². The van der Waals surface area contributed by atoms with Crippen molar-refractivity contribution < 1.29 is 14.3 Å². The minimum Gasteiger partial charge on any atom is -0.495 e. The number of amides is 2. The summed E-state index contributed by atoms with van der Waals surface area (Å²) >= 11 is 6.04. The van der Waals surface area contributed by atoms with Crippen LogP contribution >= 0.6 is 11.6 Å². The summed E-state index contributed by atoms with van der Waals surface area (Å²) in [7, 11) is 1.60. The zero-order chi connectivity index (χ0) is 22.4. The molecule has 0 aromatic heterocycles. The molecule has 1 saturated heterocycles. The fourth-order valence-corrected chi connectivity index (χ4v) is 3.80. The molecule has 3 rings (SSSR count). The average molecular weight is 444 g/mol. The number of ether oxygens (including phenoxy) is 1. The Morgan fingerprint density at radius 3 is 2.29 bits per heavy atom. The molecule has 166 valence electrons. The fourth-order valence-electron chi connectivity index (χ4n) is 3.63. The molecule has 7 heteroatoms. The topological polar surface area (TPSA) is 61.9 Å². The highest BCUT2D eigenvalue weighted by molar-refractivity contribution is 6.30. The molecule has 31 heavy (non-hydrogen) atoms. The molecule has 6 nitrogen and oxygen atoms in total. The van der Waals surface area contributed by atoms with E-state index in [4.69, 9.17) is 16.3 Å². The normalized spacial score (nSPS) is 14.0. The van der Waals surface area contributed by atoms with Crippen LogP contribution in [0.2, 0.25) is 5.02 Å². The van der Waals surface area contributed by atoms with Gasteiger partial charge in [0.25, 0.3) is 5.91 Å². The lowest BCUT2D eigenvalue weighted by Crippen LogP contribution is -2.50. The van der Waals surface area contributed by atoms with Gasteiger partial charge in [-0.3, -0.25) is 9.59 Å². The van der Waals surface area contributed by atoms with Gasteiger partial charge in [-0.1, -0.05) is 37.6 Å². The lowest BCUT2D eigenvalue weighted by Gasteiger charge is -2.35. The highest BCUT2D eigenvalue weighted by Crippen LogP contribution is 2.27. The number of hydrogen-bond acceptors (Lipinski definition) is 4. The van der Waals surface area contributed by atoms with E-state index in [9.17, 15) is 9.59 Å². The standard InChI is InChI=1S/C24H30ClN3O3/c1-17(2)18-4-6-19(7-5-18)24(30)28-14-12-27(13-15-28)23(29)10-11-26-21-16-20(25)8-9-22(21)31-3/h4-9,16-17,26H,10-15H2,1-3H3. The van der Waals surface area contributed by atoms with Crippen LogP contribution < -0.4 is 10.1 Å². The molecule has 1 heterocycles. The maximum absolute atomic E-state index is 12.8. The van der Waals surface area contributed by atoms with Crippen molar-refractivity contribution in [3.05, 3.63) is 58.6 Å². The largest absolute Gasteiger partial charge is 0.495 e. The first kappa shape index (κ1) is 22.9. The number of nitrogens with zero attached hydrogens (tertiary/aromatic N) is 2. The lowest BCUT2D eigenvalue weighted by molar-refractivity contribution is -0.132. The predicted molar refractivity (Wildman–Crippen MR) is 124 cm³/mol. The summed E-state index contributed by atoms with van der Waals surface area (Å²) in [5, 5.41) is 3.82. The summed E-state index contributed by atoms with van der Waals surface area (Å²) in [4.78, 5) is 29.0. The van der Waals surface area contributed by atoms with E-state index in [1.165, 1.54) is 5.56 Å². The Morgan fingerprint density at radius 2 is 1.68 bits per heavy atom. The molecule has 0 spiro atoms. The summed E-state index contributed by atoms with van der Waals surface area (Å²) < 4.78 is 5.31. The van der Waals surface area contributed by atoms with Crippen LogP contribution in [0.1, 0.15) is 42.1 Å². The molecule has 2 aromatic carbocycles. The van der Waals surface area contributed by atoms with Gasteiger partial charge >= 0.3 is 0 Å². The smallest absolute Gasteiger partial charge is 0.253 e. The molecule has 0 atom stereocenters. The highest BCUT2D eigenvalue weighted by atomic mass is 35.5. The number of piperazine rings is 1. The number of carbonyl (C=O) groups excluding carboxylic acids is 2. The van der Waals surface area contributed by atoms with E-state index in [-0.39, 0.29) is 11.8 Å². The number of hydrogen-bond donors (Lipinski definition) is 1. The molecule has 0 saturated carbocycles. The zero-order valence-corrected chi connectivity index (χ0v) is 19.1. The van der Waals surface area contributed by atoms with Crippen molar-refractivity contribution in [2.75, 3.05) is 45.2 Å². The fraction of sp³-hybridized carbons (Fsp3) is 0.417. The molecule has 2 aromatic rings. The van der Waals surface area contributed by atoms with Crippen molar-refractivity contribution >= 4 is 29.1 Å². The summed E-state index contributed by atoms with van der Waals surface area (Å²) in [5.41, 5.74) is 2.68. The molecule has 1 aliphatic heterocycles. The molecular weight excluding hydrogens is 414 g/mol. The third-order valence-electron chi connectivity index (χ3n) is 5.56. The average Bonchev–Trinajstić information content (AvgIpc) is 2.79. The van der Waals surface area contributed by atoms with E-state index in [2.05, 4.69) is 19.2 Å². The van der Waals surface area contributed by atoms with E-state index in [0.29, 0.717) is 61.4 Å². The minimum atomic E-state index is 0.0251. The van der Waals surface area contributed by atoms with Crippen molar-refractivity contribution in [3.63, 3.8) is 0 Å². The van der Waals surface area contributed by atoms with Gasteiger partial charge in [-0.15, -0.1) is 0 Å². The summed E-state index contributed by atoms with van der Waals surface area (Å²) in [6.07, 6.45) is 0.361. The summed E-state index contributed by atoms with van der Waals surface area (Å²) in [6, 6.07) is 13.1. The minimum absolute atomic E-state index is 0.0251. The van der Waals surface area contributed by atoms with Crippen LogP contribution in [0.4, 0.5) is 5.69 Å². The Balaban J connectivity index is 1.46. The van der Waals surface area contributed by atoms with Crippen LogP contribution in [0.3, 0.4) is 0 Å². The number of benzene rings is 2. The quantitative estimate of drug-likeness (QED) is 0.694. The second-order valence-electron chi connectivity index (χ2n) is 7.97. The van der Waals surface area contributed by atoms with Gasteiger partial charge in [0.1, 0.15) is 5.75 Å². The molecule has 0 aliphatic carbocycles. The number of carbonyl (C=O) groups is 2. The van der Waals surface area contributed by atoms with Gasteiger partial charge in [0.05, 0.1) is 12.8 Å². The lowest BCUT2D eigenvalue weighted by atomic mass is 10.0. The molecular formula is C24H30ClN3O3. The van der Waals surface area contributed by atoms with E-state index >= 15 is 0 Å². The second kappa shape index (κ2) is 10.5. The molecule has 0 bridgehead atoms. The third-order valence-corrected chi connectivity index (χ3v) is 5.79. The summed E-state index contributed by atoms with van der Waals surface area (Å²) in [5.74, 6) is 1.22. The Kier molecular flexibility index (Phi) is 7.80. The second-order valence-corrected chi connectivity index (χ2v) is 8.41. The molecule has 0 radical (unpaired) electrons.